The molecule has 0 bridgehead atoms. The fourth-order valence-corrected chi connectivity index (χ4v) is 5.62. The Labute approximate surface area is 221 Å². The topological polar surface area (TPSA) is 89.3 Å². The van der Waals surface area contributed by atoms with Crippen molar-refractivity contribution < 1.29 is 9.53 Å². The molecule has 1 saturated heterocycles. The van der Waals surface area contributed by atoms with Gasteiger partial charge in [0, 0.05) is 29.8 Å². The summed E-state index contributed by atoms with van der Waals surface area (Å²) in [6, 6.07) is 16.7. The summed E-state index contributed by atoms with van der Waals surface area (Å²) in [7, 11) is 0. The van der Waals surface area contributed by atoms with Crippen LogP contribution in [0.25, 0.3) is 16.7 Å². The van der Waals surface area contributed by atoms with Gasteiger partial charge in [-0.2, -0.15) is 4.98 Å². The summed E-state index contributed by atoms with van der Waals surface area (Å²) < 4.78 is 7.06. The van der Waals surface area contributed by atoms with E-state index in [2.05, 4.69) is 39.5 Å². The first kappa shape index (κ1) is 24.3. The fraction of sp³-hybridized carbons (Fsp3) is 0.333. The largest absolute Gasteiger partial charge is 0.462 e. The van der Waals surface area contributed by atoms with E-state index in [1.807, 2.05) is 28.8 Å². The van der Waals surface area contributed by atoms with E-state index in [0.717, 1.165) is 56.6 Å². The van der Waals surface area contributed by atoms with Crippen molar-refractivity contribution in [1.29, 1.82) is 0 Å². The third-order valence-corrected chi connectivity index (χ3v) is 7.51. The molecular weight excluding hydrogens is 478 g/mol. The van der Waals surface area contributed by atoms with E-state index in [-0.39, 0.29) is 23.6 Å². The van der Waals surface area contributed by atoms with Gasteiger partial charge in [0.05, 0.1) is 12.0 Å². The van der Waals surface area contributed by atoms with E-state index in [0.29, 0.717) is 11.6 Å². The van der Waals surface area contributed by atoms with Gasteiger partial charge >= 0.3 is 5.97 Å². The van der Waals surface area contributed by atoms with E-state index in [1.165, 1.54) is 11.1 Å². The van der Waals surface area contributed by atoms with Crippen LogP contribution in [0.1, 0.15) is 47.7 Å². The summed E-state index contributed by atoms with van der Waals surface area (Å²) in [5, 5.41) is 3.72. The lowest BCUT2D eigenvalue weighted by Gasteiger charge is -2.34. The minimum atomic E-state index is -0.640. The first-order chi connectivity index (χ1) is 18.6. The van der Waals surface area contributed by atoms with Gasteiger partial charge in [-0.15, -0.1) is 0 Å². The Bertz CT molecular complexity index is 1540. The van der Waals surface area contributed by atoms with Gasteiger partial charge in [0.25, 0.3) is 0 Å². The zero-order valence-electron chi connectivity index (χ0n) is 21.5. The van der Waals surface area contributed by atoms with Crippen molar-refractivity contribution >= 4 is 28.6 Å². The highest BCUT2D eigenvalue weighted by Crippen LogP contribution is 2.30. The summed E-state index contributed by atoms with van der Waals surface area (Å²) >= 11 is 0. The third-order valence-electron chi connectivity index (χ3n) is 7.51. The van der Waals surface area contributed by atoms with Crippen LogP contribution < -0.4 is 15.6 Å². The van der Waals surface area contributed by atoms with Crippen molar-refractivity contribution in [3.8, 4) is 5.69 Å². The van der Waals surface area contributed by atoms with Gasteiger partial charge < -0.3 is 19.5 Å². The molecule has 1 N–H and O–H groups in total. The molecule has 0 saturated carbocycles. The molecule has 2 aromatic heterocycles. The molecule has 4 aromatic rings. The Morgan fingerprint density at radius 2 is 1.89 bits per heavy atom. The summed E-state index contributed by atoms with van der Waals surface area (Å²) in [5.74, 6) is -0.104. The maximum Gasteiger partial charge on any atom is 0.343 e. The number of ether oxygens (including phenoxy) is 1. The number of pyridine rings is 1. The quantitative estimate of drug-likeness (QED) is 0.387. The van der Waals surface area contributed by atoms with Crippen LogP contribution >= 0.6 is 0 Å². The summed E-state index contributed by atoms with van der Waals surface area (Å²) in [6.45, 7) is 3.76. The minimum Gasteiger partial charge on any atom is -0.462 e. The van der Waals surface area contributed by atoms with Crippen LogP contribution in [0.2, 0.25) is 0 Å². The molecule has 0 amide bonds. The summed E-state index contributed by atoms with van der Waals surface area (Å²) in [4.78, 5) is 38.1. The lowest BCUT2D eigenvalue weighted by atomic mass is 10.0. The molecule has 194 valence electrons. The van der Waals surface area contributed by atoms with Gasteiger partial charge in [-0.25, -0.2) is 9.78 Å². The zero-order valence-corrected chi connectivity index (χ0v) is 21.5. The lowest BCUT2D eigenvalue weighted by molar-refractivity contribution is 0.0524. The molecule has 1 aliphatic heterocycles. The highest BCUT2D eigenvalue weighted by Gasteiger charge is 2.27. The van der Waals surface area contributed by atoms with Crippen molar-refractivity contribution in [2.75, 3.05) is 24.6 Å². The van der Waals surface area contributed by atoms with Crippen LogP contribution in [0.4, 0.5) is 11.6 Å². The van der Waals surface area contributed by atoms with Crippen molar-refractivity contribution in [3.63, 3.8) is 0 Å². The number of anilines is 2. The maximum atomic E-state index is 13.5. The predicted octanol–water partition coefficient (Wildman–Crippen LogP) is 4.34. The van der Waals surface area contributed by atoms with Crippen LogP contribution in [-0.4, -0.2) is 46.2 Å². The third kappa shape index (κ3) is 4.45. The van der Waals surface area contributed by atoms with E-state index in [9.17, 15) is 9.59 Å². The Morgan fingerprint density at radius 1 is 1.11 bits per heavy atom. The average molecular weight is 510 g/mol. The molecule has 0 spiro atoms. The molecule has 6 rings (SSSR count). The predicted molar refractivity (Wildman–Crippen MR) is 148 cm³/mol. The van der Waals surface area contributed by atoms with Gasteiger partial charge in [-0.05, 0) is 87.5 Å². The molecule has 0 atom stereocenters. The molecule has 38 heavy (non-hydrogen) atoms. The number of nitrogens with one attached hydrogen (secondary N) is 1. The number of benzene rings is 2. The zero-order chi connectivity index (χ0) is 26.1. The Morgan fingerprint density at radius 3 is 2.68 bits per heavy atom. The average Bonchev–Trinajstić information content (AvgIpc) is 3.43. The molecule has 0 unspecified atom stereocenters. The molecular formula is C30H31N5O3. The summed E-state index contributed by atoms with van der Waals surface area (Å²) in [6.07, 6.45) is 8.27. The van der Waals surface area contributed by atoms with Crippen LogP contribution in [0.5, 0.6) is 0 Å². The second-order valence-corrected chi connectivity index (χ2v) is 9.86. The van der Waals surface area contributed by atoms with Crippen LogP contribution in [0.3, 0.4) is 0 Å². The number of esters is 1. The number of carbonyl (C=O) groups is 1. The molecule has 3 heterocycles. The molecule has 1 fully saturated rings. The highest BCUT2D eigenvalue weighted by atomic mass is 16.5. The number of aryl methyl sites for hydroxylation is 2. The smallest absolute Gasteiger partial charge is 0.343 e. The van der Waals surface area contributed by atoms with Gasteiger partial charge in [-0.1, -0.05) is 24.3 Å². The number of piperidine rings is 1. The number of para-hydroxylation sites is 1. The van der Waals surface area contributed by atoms with Crippen molar-refractivity contribution in [2.45, 2.75) is 45.1 Å². The van der Waals surface area contributed by atoms with Gasteiger partial charge in [-0.3, -0.25) is 4.79 Å². The monoisotopic (exact) mass is 509 g/mol. The van der Waals surface area contributed by atoms with E-state index in [1.54, 1.807) is 19.3 Å². The van der Waals surface area contributed by atoms with E-state index >= 15 is 0 Å². The second kappa shape index (κ2) is 10.4. The first-order valence-electron chi connectivity index (χ1n) is 13.4. The molecule has 2 aliphatic rings. The highest BCUT2D eigenvalue weighted by molar-refractivity contribution is 5.93. The number of hydrogen-bond donors (Lipinski definition) is 1. The van der Waals surface area contributed by atoms with E-state index < -0.39 is 11.4 Å². The Balaban J connectivity index is 1.56. The minimum absolute atomic E-state index is 0.0190. The van der Waals surface area contributed by atoms with Crippen molar-refractivity contribution in [2.24, 2.45) is 0 Å². The second-order valence-electron chi connectivity index (χ2n) is 9.86. The van der Waals surface area contributed by atoms with Crippen molar-refractivity contribution in [3.05, 3.63) is 87.8 Å². The number of aromatic nitrogens is 3. The van der Waals surface area contributed by atoms with Gasteiger partial charge in [0.15, 0.2) is 5.65 Å². The Hall–Kier alpha value is -4.04. The number of fused-ring (bicyclic) bond motifs is 2. The van der Waals surface area contributed by atoms with Gasteiger partial charge in [0.2, 0.25) is 11.4 Å². The number of carbonyl (C=O) groups excluding carboxylic acids is 1. The number of nitrogens with zero attached hydrogens (tertiary/aromatic N) is 4. The molecule has 8 nitrogen and oxygen atoms in total. The molecule has 2 aromatic carbocycles. The SMILES string of the molecule is CCOC(=O)c1cn(-c2ccc3c(c2)CCC3)c2nc(N(c3ccccc3)C3CCNCC3)ncc2c1=O. The maximum absolute atomic E-state index is 13.5. The van der Waals surface area contributed by atoms with E-state index in [4.69, 9.17) is 9.72 Å². The van der Waals surface area contributed by atoms with Crippen LogP contribution in [-0.2, 0) is 17.6 Å². The van der Waals surface area contributed by atoms with Gasteiger partial charge in [0.1, 0.15) is 5.56 Å². The number of hydrogen-bond acceptors (Lipinski definition) is 7. The fourth-order valence-electron chi connectivity index (χ4n) is 5.62. The number of rotatable bonds is 6. The summed E-state index contributed by atoms with van der Waals surface area (Å²) in [5.41, 5.74) is 4.54. The van der Waals surface area contributed by atoms with Crippen LogP contribution in [0.15, 0.2) is 65.7 Å². The molecule has 0 radical (unpaired) electrons. The normalized spacial score (nSPS) is 15.4. The Kier molecular flexibility index (Phi) is 6.64. The van der Waals surface area contributed by atoms with Crippen LogP contribution in [0, 0.1) is 0 Å². The lowest BCUT2D eigenvalue weighted by Crippen LogP contribution is -2.41. The standard InChI is InChI=1S/C30H31N5O3/c1-2-38-29(37)26-19-34(24-12-11-20-7-6-8-21(20)17-24)28-25(27(26)36)18-32-30(33-28)35(22-9-4-3-5-10-22)23-13-15-31-16-14-23/h3-5,9-12,17-19,23,31H,2,6-8,13-16H2,1H3. The first-order valence-corrected chi connectivity index (χ1v) is 13.4. The molecule has 1 aliphatic carbocycles. The molecule has 8 heteroatoms. The van der Waals surface area contributed by atoms with Crippen molar-refractivity contribution in [1.82, 2.24) is 19.9 Å².